The van der Waals surface area contributed by atoms with Crippen LogP contribution in [0.4, 0.5) is 5.69 Å². The summed E-state index contributed by atoms with van der Waals surface area (Å²) in [5, 5.41) is 6.48. The standard InChI is InChI=1S/C28H25N3O4S/c1-35-26-13-6-5-12-25(26)31(36(33,34)23-9-3-2-4-10-23)19-27(32)30-29-18-22-17-16-21-15-14-20-8-7-11-24(22)28(20)21/h2-13,16-18H,14-15,19H2,1H3,(H,30,32). The van der Waals surface area contributed by atoms with Crippen molar-refractivity contribution in [3.63, 3.8) is 0 Å². The average Bonchev–Trinajstić information content (AvgIpc) is 3.33. The van der Waals surface area contributed by atoms with Crippen LogP contribution in [0.15, 0.2) is 94.9 Å². The Morgan fingerprint density at radius 2 is 1.67 bits per heavy atom. The predicted molar refractivity (Wildman–Crippen MR) is 141 cm³/mol. The fourth-order valence-corrected chi connectivity index (χ4v) is 6.03. The molecule has 0 atom stereocenters. The van der Waals surface area contributed by atoms with Crippen molar-refractivity contribution in [2.24, 2.45) is 5.10 Å². The minimum atomic E-state index is -4.05. The molecule has 0 aliphatic heterocycles. The Morgan fingerprint density at radius 1 is 0.944 bits per heavy atom. The smallest absolute Gasteiger partial charge is 0.264 e. The lowest BCUT2D eigenvalue weighted by Gasteiger charge is -2.25. The first kappa shape index (κ1) is 23.6. The quantitative estimate of drug-likeness (QED) is 0.289. The van der Waals surface area contributed by atoms with E-state index in [2.05, 4.69) is 22.7 Å². The summed E-state index contributed by atoms with van der Waals surface area (Å²) < 4.78 is 33.4. The van der Waals surface area contributed by atoms with Gasteiger partial charge in [0.05, 0.1) is 23.9 Å². The molecule has 1 aliphatic carbocycles. The Hall–Kier alpha value is -4.17. The second-order valence-electron chi connectivity index (χ2n) is 8.44. The third-order valence-corrected chi connectivity index (χ3v) is 8.05. The lowest BCUT2D eigenvalue weighted by Crippen LogP contribution is -2.39. The van der Waals surface area contributed by atoms with Crippen molar-refractivity contribution in [1.29, 1.82) is 0 Å². The zero-order valence-corrected chi connectivity index (χ0v) is 20.5. The number of ether oxygens (including phenoxy) is 1. The van der Waals surface area contributed by atoms with Crippen molar-refractivity contribution in [2.45, 2.75) is 17.7 Å². The fraction of sp³-hybridized carbons (Fsp3) is 0.143. The third kappa shape index (κ3) is 4.43. The minimum absolute atomic E-state index is 0.0695. The number of benzene rings is 4. The van der Waals surface area contributed by atoms with Crippen molar-refractivity contribution in [1.82, 2.24) is 5.43 Å². The highest BCUT2D eigenvalue weighted by Crippen LogP contribution is 2.33. The summed E-state index contributed by atoms with van der Waals surface area (Å²) in [6, 6.07) is 25.0. The number of rotatable bonds is 8. The van der Waals surface area contributed by atoms with Crippen molar-refractivity contribution in [2.75, 3.05) is 18.0 Å². The van der Waals surface area contributed by atoms with Crippen LogP contribution < -0.4 is 14.5 Å². The van der Waals surface area contributed by atoms with Gasteiger partial charge in [0.2, 0.25) is 0 Å². The maximum absolute atomic E-state index is 13.5. The highest BCUT2D eigenvalue weighted by Gasteiger charge is 2.29. The summed E-state index contributed by atoms with van der Waals surface area (Å²) in [6.07, 6.45) is 3.65. The third-order valence-electron chi connectivity index (χ3n) is 6.28. The van der Waals surface area contributed by atoms with E-state index in [0.29, 0.717) is 5.75 Å². The van der Waals surface area contributed by atoms with E-state index < -0.39 is 22.5 Å². The van der Waals surface area contributed by atoms with Gasteiger partial charge in [0.25, 0.3) is 15.9 Å². The molecule has 1 aliphatic rings. The number of hydrogen-bond donors (Lipinski definition) is 1. The van der Waals surface area contributed by atoms with Gasteiger partial charge < -0.3 is 4.74 Å². The van der Waals surface area contributed by atoms with E-state index in [-0.39, 0.29) is 10.6 Å². The average molecular weight is 500 g/mol. The zero-order valence-electron chi connectivity index (χ0n) is 19.7. The van der Waals surface area contributed by atoms with Crippen molar-refractivity contribution in [3.8, 4) is 5.75 Å². The predicted octanol–water partition coefficient (Wildman–Crippen LogP) is 4.29. The molecule has 36 heavy (non-hydrogen) atoms. The number of amides is 1. The molecule has 0 saturated heterocycles. The fourth-order valence-electron chi connectivity index (χ4n) is 4.58. The van der Waals surface area contributed by atoms with Crippen molar-refractivity contribution >= 4 is 38.6 Å². The molecule has 182 valence electrons. The number of hydrazone groups is 1. The number of carbonyl (C=O) groups is 1. The van der Waals surface area contributed by atoms with Crippen LogP contribution in [0.3, 0.4) is 0 Å². The molecule has 4 aromatic carbocycles. The van der Waals surface area contributed by atoms with Gasteiger partial charge in [0.1, 0.15) is 12.3 Å². The number of methoxy groups -OCH3 is 1. The molecule has 0 spiro atoms. The number of carbonyl (C=O) groups excluding carboxylic acids is 1. The van der Waals surface area contributed by atoms with E-state index in [1.54, 1.807) is 48.7 Å². The summed E-state index contributed by atoms with van der Waals surface area (Å²) in [6.45, 7) is -0.473. The van der Waals surface area contributed by atoms with E-state index in [1.165, 1.54) is 35.8 Å². The SMILES string of the molecule is COc1ccccc1N(CC(=O)NN=Cc1ccc2c3c(cccc13)CC2)S(=O)(=O)c1ccccc1. The highest BCUT2D eigenvalue weighted by atomic mass is 32.2. The molecule has 0 radical (unpaired) electrons. The van der Waals surface area contributed by atoms with Crippen LogP contribution in [-0.4, -0.2) is 34.2 Å². The Labute approximate surface area is 210 Å². The molecule has 5 rings (SSSR count). The second kappa shape index (κ2) is 9.83. The Morgan fingerprint density at radius 3 is 2.44 bits per heavy atom. The van der Waals surface area contributed by atoms with Gasteiger partial charge in [-0.05, 0) is 59.0 Å². The first-order valence-corrected chi connectivity index (χ1v) is 13.0. The molecule has 8 heteroatoms. The molecule has 1 amide bonds. The summed E-state index contributed by atoms with van der Waals surface area (Å²) in [5.74, 6) is -0.246. The van der Waals surface area contributed by atoms with Gasteiger partial charge in [-0.3, -0.25) is 9.10 Å². The van der Waals surface area contributed by atoms with Gasteiger partial charge >= 0.3 is 0 Å². The summed E-state index contributed by atoms with van der Waals surface area (Å²) in [5.41, 5.74) is 6.27. The van der Waals surface area contributed by atoms with Crippen molar-refractivity contribution in [3.05, 3.63) is 102 Å². The lowest BCUT2D eigenvalue weighted by atomic mass is 10.0. The summed E-state index contributed by atoms with van der Waals surface area (Å²) in [4.78, 5) is 13.0. The van der Waals surface area contributed by atoms with E-state index in [9.17, 15) is 13.2 Å². The van der Waals surface area contributed by atoms with Gasteiger partial charge in [-0.25, -0.2) is 13.8 Å². The number of sulfonamides is 1. The van der Waals surface area contributed by atoms with Crippen LogP contribution in [0.5, 0.6) is 5.75 Å². The van der Waals surface area contributed by atoms with Crippen LogP contribution in [0.1, 0.15) is 16.7 Å². The largest absolute Gasteiger partial charge is 0.495 e. The normalized spacial score (nSPS) is 12.7. The second-order valence-corrected chi connectivity index (χ2v) is 10.3. The Balaban J connectivity index is 1.41. The van der Waals surface area contributed by atoms with E-state index >= 15 is 0 Å². The molecule has 0 aromatic heterocycles. The number of hydrogen-bond acceptors (Lipinski definition) is 5. The molecular weight excluding hydrogens is 474 g/mol. The molecule has 0 bridgehead atoms. The molecule has 0 heterocycles. The Bertz CT molecular complexity index is 1560. The number of nitrogens with zero attached hydrogens (tertiary/aromatic N) is 2. The summed E-state index contributed by atoms with van der Waals surface area (Å²) >= 11 is 0. The number of aryl methyl sites for hydroxylation is 2. The van der Waals surface area contributed by atoms with Crippen LogP contribution >= 0.6 is 0 Å². The molecule has 7 nitrogen and oxygen atoms in total. The molecular formula is C28H25N3O4S. The number of para-hydroxylation sites is 2. The first-order chi connectivity index (χ1) is 17.5. The molecule has 0 saturated carbocycles. The van der Waals surface area contributed by atoms with Crippen molar-refractivity contribution < 1.29 is 17.9 Å². The lowest BCUT2D eigenvalue weighted by molar-refractivity contribution is -0.119. The van der Waals surface area contributed by atoms with Gasteiger partial charge in [0, 0.05) is 5.56 Å². The maximum Gasteiger partial charge on any atom is 0.264 e. The first-order valence-electron chi connectivity index (χ1n) is 11.6. The highest BCUT2D eigenvalue weighted by molar-refractivity contribution is 7.92. The minimum Gasteiger partial charge on any atom is -0.495 e. The van der Waals surface area contributed by atoms with Crippen LogP contribution in [0, 0.1) is 0 Å². The Kier molecular flexibility index (Phi) is 6.43. The van der Waals surface area contributed by atoms with Gasteiger partial charge in [-0.1, -0.05) is 60.7 Å². The molecule has 0 unspecified atom stereocenters. The van der Waals surface area contributed by atoms with E-state index in [0.717, 1.165) is 28.1 Å². The van der Waals surface area contributed by atoms with E-state index in [4.69, 9.17) is 4.74 Å². The van der Waals surface area contributed by atoms with Gasteiger partial charge in [-0.2, -0.15) is 5.10 Å². The van der Waals surface area contributed by atoms with E-state index in [1.807, 2.05) is 18.2 Å². The van der Waals surface area contributed by atoms with Gasteiger partial charge in [0.15, 0.2) is 0 Å². The number of anilines is 1. The van der Waals surface area contributed by atoms with Crippen LogP contribution in [0.2, 0.25) is 0 Å². The van der Waals surface area contributed by atoms with Crippen LogP contribution in [-0.2, 0) is 27.7 Å². The van der Waals surface area contributed by atoms with Crippen LogP contribution in [0.25, 0.3) is 10.8 Å². The maximum atomic E-state index is 13.5. The summed E-state index contributed by atoms with van der Waals surface area (Å²) in [7, 11) is -2.60. The molecule has 4 aromatic rings. The monoisotopic (exact) mass is 499 g/mol. The van der Waals surface area contributed by atoms with Gasteiger partial charge in [-0.15, -0.1) is 0 Å². The topological polar surface area (TPSA) is 88.1 Å². The zero-order chi connectivity index (χ0) is 25.1. The molecule has 0 fully saturated rings. The number of nitrogens with one attached hydrogen (secondary N) is 1. The molecule has 1 N–H and O–H groups in total.